The molecule has 3 N–H and O–H groups in total. The van der Waals surface area contributed by atoms with Gasteiger partial charge in [0.25, 0.3) is 11.8 Å². The van der Waals surface area contributed by atoms with Crippen LogP contribution in [0.2, 0.25) is 0 Å². The second-order valence-corrected chi connectivity index (χ2v) is 8.24. The van der Waals surface area contributed by atoms with Crippen LogP contribution < -0.4 is 10.8 Å². The summed E-state index contributed by atoms with van der Waals surface area (Å²) in [6, 6.07) is 8.84. The molecule has 2 amide bonds. The third-order valence-electron chi connectivity index (χ3n) is 3.31. The Morgan fingerprint density at radius 3 is 2.08 bits per heavy atom. The lowest BCUT2D eigenvalue weighted by Crippen LogP contribution is -2.25. The van der Waals surface area contributed by atoms with E-state index in [-0.39, 0.29) is 21.7 Å². The predicted molar refractivity (Wildman–Crippen MR) is 89.0 cm³/mol. The summed E-state index contributed by atoms with van der Waals surface area (Å²) in [7, 11) is -3.26. The van der Waals surface area contributed by atoms with Crippen molar-refractivity contribution >= 4 is 33.0 Å². The molecule has 0 unspecified atom stereocenters. The van der Waals surface area contributed by atoms with E-state index >= 15 is 0 Å². The highest BCUT2D eigenvalue weighted by molar-refractivity contribution is 7.90. The van der Waals surface area contributed by atoms with Gasteiger partial charge in [-0.05, 0) is 36.8 Å². The summed E-state index contributed by atoms with van der Waals surface area (Å²) >= 11 is 0.953. The molecule has 0 radical (unpaired) electrons. The Bertz CT molecular complexity index is 856. The molecule has 7 nitrogen and oxygen atoms in total. The maximum Gasteiger partial charge on any atom is 0.284 e. The summed E-state index contributed by atoms with van der Waals surface area (Å²) in [4.78, 5) is 24.2. The van der Waals surface area contributed by atoms with Gasteiger partial charge in [-0.3, -0.25) is 14.8 Å². The van der Waals surface area contributed by atoms with Crippen molar-refractivity contribution in [3.05, 3.63) is 51.7 Å². The second kappa shape index (κ2) is 7.12. The first kappa shape index (κ1) is 18.1. The van der Waals surface area contributed by atoms with Crippen LogP contribution in [0.15, 0.2) is 41.3 Å². The Morgan fingerprint density at radius 2 is 1.58 bits per heavy atom. The van der Waals surface area contributed by atoms with E-state index in [1.165, 1.54) is 29.7 Å². The average molecular weight is 368 g/mol. The van der Waals surface area contributed by atoms with E-state index in [1.807, 2.05) is 0 Å². The molecule has 24 heavy (non-hydrogen) atoms. The summed E-state index contributed by atoms with van der Waals surface area (Å²) in [6.07, 6.45) is 1.13. The summed E-state index contributed by atoms with van der Waals surface area (Å²) in [6.45, 7) is 1.77. The first-order valence-corrected chi connectivity index (χ1v) is 9.58. The summed E-state index contributed by atoms with van der Waals surface area (Å²) in [5.74, 6) is -1.04. The van der Waals surface area contributed by atoms with Gasteiger partial charge in [0.05, 0.1) is 20.7 Å². The zero-order chi connectivity index (χ0) is 17.9. The summed E-state index contributed by atoms with van der Waals surface area (Å²) < 4.78 is 22.9. The number of amides is 2. The normalized spacial score (nSPS) is 12.5. The fraction of sp³-hybridized carbons (Fsp3) is 0.200. The number of hydroxylamine groups is 1. The predicted octanol–water partition coefficient (Wildman–Crippen LogP) is 1.76. The Hall–Kier alpha value is -2.23. The molecule has 0 aliphatic rings. The van der Waals surface area contributed by atoms with E-state index in [4.69, 9.17) is 5.21 Å². The van der Waals surface area contributed by atoms with Crippen LogP contribution in [0, 0.1) is 0 Å². The number of carbonyl (C=O) groups excluding carboxylic acids is 2. The third-order valence-corrected chi connectivity index (χ3v) is 5.52. The van der Waals surface area contributed by atoms with Gasteiger partial charge >= 0.3 is 0 Å². The van der Waals surface area contributed by atoms with Crippen molar-refractivity contribution in [2.24, 2.45) is 0 Å². The molecular formula is C15H16N2O5S2. The standard InChI is InChI=1S/C15H16N2O5S2/c1-9(10-3-5-11(6-4-10)24(2,21)22)16-14(18)12-7-8-13(23-12)15(19)17-20/h3-9,20H,1-2H3,(H,16,18)(H,17,19)/t9-/m1/s1. The number of hydrogen-bond acceptors (Lipinski definition) is 6. The van der Waals surface area contributed by atoms with Gasteiger partial charge in [-0.15, -0.1) is 11.3 Å². The number of sulfone groups is 1. The highest BCUT2D eigenvalue weighted by Gasteiger charge is 2.16. The van der Waals surface area contributed by atoms with E-state index in [1.54, 1.807) is 19.1 Å². The number of thiophene rings is 1. The van der Waals surface area contributed by atoms with Crippen molar-refractivity contribution in [2.75, 3.05) is 6.26 Å². The quantitative estimate of drug-likeness (QED) is 0.550. The maximum atomic E-state index is 12.2. The average Bonchev–Trinajstić information content (AvgIpc) is 3.03. The van der Waals surface area contributed by atoms with Crippen LogP contribution in [0.3, 0.4) is 0 Å². The van der Waals surface area contributed by atoms with Crippen LogP contribution in [-0.4, -0.2) is 31.7 Å². The van der Waals surface area contributed by atoms with Crippen molar-refractivity contribution in [1.29, 1.82) is 0 Å². The lowest BCUT2D eigenvalue weighted by Gasteiger charge is -2.14. The highest BCUT2D eigenvalue weighted by Crippen LogP contribution is 2.20. The molecule has 2 rings (SSSR count). The number of benzene rings is 1. The molecule has 2 aromatic rings. The molecule has 0 aliphatic heterocycles. The Morgan fingerprint density at radius 1 is 1.04 bits per heavy atom. The van der Waals surface area contributed by atoms with Crippen molar-refractivity contribution in [3.63, 3.8) is 0 Å². The fourth-order valence-corrected chi connectivity index (χ4v) is 3.42. The maximum absolute atomic E-state index is 12.2. The molecule has 0 aliphatic carbocycles. The van der Waals surface area contributed by atoms with E-state index < -0.39 is 15.7 Å². The molecular weight excluding hydrogens is 352 g/mol. The minimum absolute atomic E-state index is 0.211. The van der Waals surface area contributed by atoms with Gasteiger partial charge < -0.3 is 5.32 Å². The van der Waals surface area contributed by atoms with Crippen LogP contribution in [0.5, 0.6) is 0 Å². The van der Waals surface area contributed by atoms with Gasteiger partial charge in [0.1, 0.15) is 0 Å². The molecule has 0 fully saturated rings. The van der Waals surface area contributed by atoms with Crippen LogP contribution in [-0.2, 0) is 9.84 Å². The Kier molecular flexibility index (Phi) is 5.37. The molecule has 0 bridgehead atoms. The van der Waals surface area contributed by atoms with Gasteiger partial charge in [0.2, 0.25) is 0 Å². The van der Waals surface area contributed by atoms with Crippen molar-refractivity contribution < 1.29 is 23.2 Å². The molecule has 128 valence electrons. The number of rotatable bonds is 5. The summed E-state index contributed by atoms with van der Waals surface area (Å²) in [5.41, 5.74) is 2.26. The van der Waals surface area contributed by atoms with Crippen molar-refractivity contribution in [1.82, 2.24) is 10.8 Å². The van der Waals surface area contributed by atoms with E-state index in [0.717, 1.165) is 23.2 Å². The van der Waals surface area contributed by atoms with Gasteiger partial charge in [-0.1, -0.05) is 12.1 Å². The number of carbonyl (C=O) groups is 2. The van der Waals surface area contributed by atoms with Crippen molar-refractivity contribution in [3.8, 4) is 0 Å². The Labute approximate surface area is 143 Å². The third kappa shape index (κ3) is 4.19. The SMILES string of the molecule is C[C@@H](NC(=O)c1ccc(C(=O)NO)s1)c1ccc(S(C)(=O)=O)cc1. The van der Waals surface area contributed by atoms with Crippen LogP contribution in [0.25, 0.3) is 0 Å². The monoisotopic (exact) mass is 368 g/mol. The topological polar surface area (TPSA) is 113 Å². The molecule has 0 saturated heterocycles. The van der Waals surface area contributed by atoms with Gasteiger partial charge in [-0.25, -0.2) is 13.9 Å². The lowest BCUT2D eigenvalue weighted by atomic mass is 10.1. The fourth-order valence-electron chi connectivity index (χ4n) is 1.99. The minimum atomic E-state index is -3.26. The molecule has 0 spiro atoms. The van der Waals surface area contributed by atoms with Gasteiger partial charge in [0, 0.05) is 6.26 Å². The molecule has 0 saturated carbocycles. The van der Waals surface area contributed by atoms with E-state index in [9.17, 15) is 18.0 Å². The highest BCUT2D eigenvalue weighted by atomic mass is 32.2. The van der Waals surface area contributed by atoms with Crippen LogP contribution >= 0.6 is 11.3 Å². The Balaban J connectivity index is 2.08. The van der Waals surface area contributed by atoms with Gasteiger partial charge in [0.15, 0.2) is 9.84 Å². The molecule has 9 heteroatoms. The number of hydrogen-bond donors (Lipinski definition) is 3. The molecule has 1 aromatic carbocycles. The number of nitrogens with one attached hydrogen (secondary N) is 2. The molecule has 1 atom stereocenters. The van der Waals surface area contributed by atoms with Crippen LogP contribution in [0.4, 0.5) is 0 Å². The van der Waals surface area contributed by atoms with Crippen LogP contribution in [0.1, 0.15) is 37.9 Å². The van der Waals surface area contributed by atoms with E-state index in [0.29, 0.717) is 4.88 Å². The lowest BCUT2D eigenvalue weighted by molar-refractivity contribution is 0.0711. The van der Waals surface area contributed by atoms with Crippen molar-refractivity contribution in [2.45, 2.75) is 17.9 Å². The van der Waals surface area contributed by atoms with E-state index in [2.05, 4.69) is 5.32 Å². The summed E-state index contributed by atoms with van der Waals surface area (Å²) in [5, 5.41) is 11.3. The zero-order valence-electron chi connectivity index (χ0n) is 12.9. The van der Waals surface area contributed by atoms with Gasteiger partial charge in [-0.2, -0.15) is 0 Å². The first-order valence-electron chi connectivity index (χ1n) is 6.87. The molecule has 1 heterocycles. The second-order valence-electron chi connectivity index (χ2n) is 5.14. The minimum Gasteiger partial charge on any atom is -0.345 e. The zero-order valence-corrected chi connectivity index (χ0v) is 14.6. The first-order chi connectivity index (χ1) is 11.2. The smallest absolute Gasteiger partial charge is 0.284 e. The molecule has 1 aromatic heterocycles. The largest absolute Gasteiger partial charge is 0.345 e.